The molecule has 2 heterocycles. The van der Waals surface area contributed by atoms with Gasteiger partial charge in [0.25, 0.3) is 5.91 Å². The summed E-state index contributed by atoms with van der Waals surface area (Å²) in [4.78, 5) is 38.8. The number of para-hydroxylation sites is 1. The number of aryl methyl sites for hydroxylation is 1. The maximum atomic E-state index is 13.1. The molecule has 36 heavy (non-hydrogen) atoms. The number of imide groups is 1. The van der Waals surface area contributed by atoms with Crippen molar-refractivity contribution in [2.75, 3.05) is 7.11 Å². The minimum atomic E-state index is -0.435. The van der Waals surface area contributed by atoms with E-state index >= 15 is 0 Å². The topological polar surface area (TPSA) is 80.6 Å². The second-order valence-electron chi connectivity index (χ2n) is 8.79. The number of nitrogens with zero attached hydrogens (tertiary/aromatic N) is 2. The van der Waals surface area contributed by atoms with Gasteiger partial charge in [-0.1, -0.05) is 60.2 Å². The van der Waals surface area contributed by atoms with Crippen molar-refractivity contribution >= 4 is 34.9 Å². The molecule has 3 aromatic carbocycles. The van der Waals surface area contributed by atoms with Crippen molar-refractivity contribution in [2.24, 2.45) is 0 Å². The maximum Gasteiger partial charge on any atom is 0.337 e. The number of hydrogen-bond acceptors (Lipinski definition) is 4. The number of nitrogens with one attached hydrogen (secondary N) is 1. The first kappa shape index (κ1) is 23.1. The maximum absolute atomic E-state index is 13.1. The molecule has 0 unspecified atom stereocenters. The standard InChI is InChI=1S/C29H25N3O4/c1-19-10-12-20(13-11-19)17-32-27(33)25(30-29(32)35)15-23-18-31(26-9-4-3-8-24(23)26)16-21-6-5-7-22(14-21)28(34)36-2/h3-15,18H,16-17H2,1-2H3,(H,30,35)/b25-15-. The van der Waals surface area contributed by atoms with Gasteiger partial charge in [-0.15, -0.1) is 0 Å². The summed E-state index contributed by atoms with van der Waals surface area (Å²) in [5.74, 6) is -0.742. The normalized spacial score (nSPS) is 14.5. The zero-order valence-electron chi connectivity index (χ0n) is 20.0. The van der Waals surface area contributed by atoms with Crippen LogP contribution in [0.15, 0.2) is 84.7 Å². The summed E-state index contributed by atoms with van der Waals surface area (Å²) in [6.07, 6.45) is 3.67. The fraction of sp³-hybridized carbons (Fsp3) is 0.138. The molecule has 1 saturated heterocycles. The Morgan fingerprint density at radius 2 is 1.72 bits per heavy atom. The molecule has 0 aliphatic carbocycles. The predicted molar refractivity (Wildman–Crippen MR) is 137 cm³/mol. The Morgan fingerprint density at radius 1 is 0.944 bits per heavy atom. The lowest BCUT2D eigenvalue weighted by Gasteiger charge is -2.11. The van der Waals surface area contributed by atoms with E-state index in [0.717, 1.165) is 33.2 Å². The van der Waals surface area contributed by atoms with Crippen LogP contribution in [0, 0.1) is 6.92 Å². The predicted octanol–water partition coefficient (Wildman–Crippen LogP) is 4.88. The summed E-state index contributed by atoms with van der Waals surface area (Å²) >= 11 is 0. The Bertz CT molecular complexity index is 1520. The summed E-state index contributed by atoms with van der Waals surface area (Å²) in [7, 11) is 1.36. The number of carbonyl (C=O) groups excluding carboxylic acids is 3. The number of ether oxygens (including phenoxy) is 1. The lowest BCUT2D eigenvalue weighted by molar-refractivity contribution is -0.123. The summed E-state index contributed by atoms with van der Waals surface area (Å²) in [5.41, 5.74) is 5.45. The van der Waals surface area contributed by atoms with Gasteiger partial charge < -0.3 is 14.6 Å². The highest BCUT2D eigenvalue weighted by Crippen LogP contribution is 2.26. The second-order valence-corrected chi connectivity index (χ2v) is 8.79. The molecular formula is C29H25N3O4. The average Bonchev–Trinajstić information content (AvgIpc) is 3.36. The van der Waals surface area contributed by atoms with Crippen LogP contribution in [0.5, 0.6) is 0 Å². The van der Waals surface area contributed by atoms with E-state index in [4.69, 9.17) is 4.74 Å². The van der Waals surface area contributed by atoms with Crippen LogP contribution in [-0.2, 0) is 22.6 Å². The number of esters is 1. The number of rotatable bonds is 6. The van der Waals surface area contributed by atoms with E-state index in [1.165, 1.54) is 12.0 Å². The Morgan fingerprint density at radius 3 is 2.50 bits per heavy atom. The summed E-state index contributed by atoms with van der Waals surface area (Å²) < 4.78 is 6.90. The van der Waals surface area contributed by atoms with Gasteiger partial charge in [0.2, 0.25) is 0 Å². The molecule has 7 heteroatoms. The van der Waals surface area contributed by atoms with Crippen molar-refractivity contribution in [2.45, 2.75) is 20.0 Å². The Kier molecular flexibility index (Phi) is 6.12. The molecule has 1 aromatic heterocycles. The largest absolute Gasteiger partial charge is 0.465 e. The van der Waals surface area contributed by atoms with Crippen LogP contribution in [0.1, 0.15) is 32.6 Å². The van der Waals surface area contributed by atoms with Gasteiger partial charge in [0.1, 0.15) is 5.70 Å². The van der Waals surface area contributed by atoms with E-state index < -0.39 is 6.03 Å². The van der Waals surface area contributed by atoms with Gasteiger partial charge in [-0.2, -0.15) is 0 Å². The minimum Gasteiger partial charge on any atom is -0.465 e. The van der Waals surface area contributed by atoms with E-state index in [0.29, 0.717) is 12.1 Å². The first-order valence-electron chi connectivity index (χ1n) is 11.6. The highest BCUT2D eigenvalue weighted by atomic mass is 16.5. The molecule has 0 radical (unpaired) electrons. The van der Waals surface area contributed by atoms with Crippen molar-refractivity contribution < 1.29 is 19.1 Å². The summed E-state index contributed by atoms with van der Waals surface area (Å²) in [5, 5.41) is 3.67. The molecule has 3 amide bonds. The molecule has 180 valence electrons. The van der Waals surface area contributed by atoms with E-state index in [-0.39, 0.29) is 24.1 Å². The van der Waals surface area contributed by atoms with Crippen LogP contribution < -0.4 is 5.32 Å². The number of carbonyl (C=O) groups is 3. The zero-order chi connectivity index (χ0) is 25.2. The van der Waals surface area contributed by atoms with Gasteiger partial charge >= 0.3 is 12.0 Å². The van der Waals surface area contributed by atoms with Crippen LogP contribution in [0.25, 0.3) is 17.0 Å². The monoisotopic (exact) mass is 479 g/mol. The molecular weight excluding hydrogens is 454 g/mol. The molecule has 1 N–H and O–H groups in total. The Hall–Kier alpha value is -4.65. The third kappa shape index (κ3) is 4.51. The van der Waals surface area contributed by atoms with E-state index in [1.54, 1.807) is 12.1 Å². The van der Waals surface area contributed by atoms with E-state index in [2.05, 4.69) is 9.88 Å². The van der Waals surface area contributed by atoms with Gasteiger partial charge in [-0.3, -0.25) is 9.69 Å². The van der Waals surface area contributed by atoms with Crippen LogP contribution in [0.2, 0.25) is 0 Å². The number of benzene rings is 3. The number of urea groups is 1. The molecule has 0 atom stereocenters. The molecule has 4 aromatic rings. The van der Waals surface area contributed by atoms with E-state index in [9.17, 15) is 14.4 Å². The van der Waals surface area contributed by atoms with Crippen LogP contribution >= 0.6 is 0 Å². The van der Waals surface area contributed by atoms with Crippen LogP contribution in [0.3, 0.4) is 0 Å². The highest BCUT2D eigenvalue weighted by Gasteiger charge is 2.33. The minimum absolute atomic E-state index is 0.209. The lowest BCUT2D eigenvalue weighted by atomic mass is 10.1. The first-order valence-corrected chi connectivity index (χ1v) is 11.6. The average molecular weight is 480 g/mol. The SMILES string of the molecule is COC(=O)c1cccc(Cn2cc(/C=C3\NC(=O)N(Cc4ccc(C)cc4)C3=O)c3ccccc32)c1. The zero-order valence-corrected chi connectivity index (χ0v) is 20.0. The van der Waals surface area contributed by atoms with Crippen molar-refractivity contribution in [1.82, 2.24) is 14.8 Å². The van der Waals surface area contributed by atoms with Crippen molar-refractivity contribution in [3.63, 3.8) is 0 Å². The van der Waals surface area contributed by atoms with Crippen molar-refractivity contribution in [3.8, 4) is 0 Å². The fourth-order valence-corrected chi connectivity index (χ4v) is 4.38. The highest BCUT2D eigenvalue weighted by molar-refractivity contribution is 6.14. The quantitative estimate of drug-likeness (QED) is 0.243. The van der Waals surface area contributed by atoms with E-state index in [1.807, 2.05) is 79.9 Å². The number of amides is 3. The first-order chi connectivity index (χ1) is 17.4. The number of hydrogen-bond donors (Lipinski definition) is 1. The molecule has 1 aliphatic rings. The molecule has 0 saturated carbocycles. The lowest BCUT2D eigenvalue weighted by Crippen LogP contribution is -2.30. The number of fused-ring (bicyclic) bond motifs is 1. The van der Waals surface area contributed by atoms with Gasteiger partial charge in [-0.25, -0.2) is 9.59 Å². The number of aromatic nitrogens is 1. The van der Waals surface area contributed by atoms with Crippen LogP contribution in [-0.4, -0.2) is 34.5 Å². The van der Waals surface area contributed by atoms with Gasteiger partial charge in [0.15, 0.2) is 0 Å². The van der Waals surface area contributed by atoms with Crippen molar-refractivity contribution in [3.05, 3.63) is 113 Å². The van der Waals surface area contributed by atoms with Gasteiger partial charge in [0, 0.05) is 29.2 Å². The molecule has 5 rings (SSSR count). The number of methoxy groups -OCH3 is 1. The second kappa shape index (κ2) is 9.54. The molecule has 0 bridgehead atoms. The van der Waals surface area contributed by atoms with Crippen molar-refractivity contribution in [1.29, 1.82) is 0 Å². The third-order valence-corrected chi connectivity index (χ3v) is 6.24. The Labute approximate surface area is 208 Å². The summed E-state index contributed by atoms with van der Waals surface area (Å²) in [6, 6.07) is 22.5. The van der Waals surface area contributed by atoms with Gasteiger partial charge in [0.05, 0.1) is 19.2 Å². The molecule has 1 fully saturated rings. The molecule has 0 spiro atoms. The summed E-state index contributed by atoms with van der Waals surface area (Å²) in [6.45, 7) is 2.72. The fourth-order valence-electron chi connectivity index (χ4n) is 4.38. The van der Waals surface area contributed by atoms with Gasteiger partial charge in [-0.05, 0) is 42.3 Å². The molecule has 7 nitrogen and oxygen atoms in total. The van der Waals surface area contributed by atoms with Crippen LogP contribution in [0.4, 0.5) is 4.79 Å². The smallest absolute Gasteiger partial charge is 0.337 e. The Balaban J connectivity index is 1.44. The molecule has 1 aliphatic heterocycles. The third-order valence-electron chi connectivity index (χ3n) is 6.24.